The number of dihydropyridines is 1. The maximum Gasteiger partial charge on any atom is 0.167 e. The first-order valence-corrected chi connectivity index (χ1v) is 10.6. The second kappa shape index (κ2) is 7.76. The van der Waals surface area contributed by atoms with E-state index in [2.05, 4.69) is 5.32 Å². The molecule has 1 aliphatic rings. The number of ether oxygens (including phenoxy) is 1. The fraction of sp³-hybridized carbons (Fsp3) is 0.125. The smallest absolute Gasteiger partial charge is 0.167 e. The van der Waals surface area contributed by atoms with Gasteiger partial charge in [0.2, 0.25) is 0 Å². The van der Waals surface area contributed by atoms with E-state index in [4.69, 9.17) is 4.74 Å². The van der Waals surface area contributed by atoms with Gasteiger partial charge in [-0.3, -0.25) is 4.79 Å². The van der Waals surface area contributed by atoms with Crippen molar-refractivity contribution in [1.29, 1.82) is 0 Å². The number of benzene rings is 2. The average Bonchev–Trinajstić information content (AvgIpc) is 3.38. The average molecular weight is 436 g/mol. The quantitative estimate of drug-likeness (QED) is 0.422. The normalized spacial score (nSPS) is 16.0. The number of thiophene rings is 1. The molecule has 2 aromatic carbocycles. The first-order chi connectivity index (χ1) is 15.1. The molecule has 4 aromatic rings. The van der Waals surface area contributed by atoms with Crippen LogP contribution in [0.2, 0.25) is 0 Å². The number of halogens is 2. The van der Waals surface area contributed by atoms with Crippen LogP contribution in [0, 0.1) is 11.6 Å². The summed E-state index contributed by atoms with van der Waals surface area (Å²) in [5.41, 5.74) is 2.89. The van der Waals surface area contributed by atoms with Crippen molar-refractivity contribution in [2.24, 2.45) is 0 Å². The van der Waals surface area contributed by atoms with Crippen molar-refractivity contribution in [3.8, 4) is 0 Å². The van der Waals surface area contributed by atoms with E-state index in [1.54, 1.807) is 29.2 Å². The molecule has 5 rings (SSSR count). The summed E-state index contributed by atoms with van der Waals surface area (Å²) in [6.07, 6.45) is 5.87. The van der Waals surface area contributed by atoms with Gasteiger partial charge in [0, 0.05) is 33.9 Å². The Morgan fingerprint density at radius 1 is 1.23 bits per heavy atom. The minimum absolute atomic E-state index is 0.0270. The molecule has 156 valence electrons. The number of hydrogen-bond donors (Lipinski definition) is 1. The van der Waals surface area contributed by atoms with Crippen molar-refractivity contribution in [3.63, 3.8) is 0 Å². The molecule has 4 nitrogen and oxygen atoms in total. The van der Waals surface area contributed by atoms with E-state index in [1.165, 1.54) is 6.07 Å². The molecule has 31 heavy (non-hydrogen) atoms. The molecule has 0 saturated heterocycles. The van der Waals surface area contributed by atoms with Gasteiger partial charge in [-0.1, -0.05) is 12.1 Å². The highest BCUT2D eigenvalue weighted by atomic mass is 32.1. The molecule has 0 spiro atoms. The Labute approximate surface area is 181 Å². The van der Waals surface area contributed by atoms with Crippen molar-refractivity contribution in [2.45, 2.75) is 12.8 Å². The summed E-state index contributed by atoms with van der Waals surface area (Å²) in [7, 11) is 1.59. The van der Waals surface area contributed by atoms with Crippen molar-refractivity contribution in [2.75, 3.05) is 7.11 Å². The van der Waals surface area contributed by atoms with E-state index in [9.17, 15) is 13.6 Å². The molecule has 1 aliphatic heterocycles. The molecule has 1 atom stereocenters. The van der Waals surface area contributed by atoms with Gasteiger partial charge >= 0.3 is 0 Å². The Bertz CT molecular complexity index is 1380. The standard InChI is InChI=1S/C24H18F2N2O2S/c1-30-24-17(3-2-9-27-24)21-20(13-29)28(12-15-11-16(25)5-6-18(15)26)19-7-4-14-8-10-31-23(14)22(19)21/h2-11,13,24,27H,12H2,1H3. The lowest BCUT2D eigenvalue weighted by Gasteiger charge is -2.22. The van der Waals surface area contributed by atoms with Gasteiger partial charge in [-0.15, -0.1) is 11.3 Å². The Hall–Kier alpha value is -3.29. The largest absolute Gasteiger partial charge is 0.362 e. The van der Waals surface area contributed by atoms with Crippen molar-refractivity contribution in [3.05, 3.63) is 88.6 Å². The first-order valence-electron chi connectivity index (χ1n) is 9.70. The molecule has 7 heteroatoms. The zero-order valence-corrected chi connectivity index (χ0v) is 17.4. The Balaban J connectivity index is 1.84. The van der Waals surface area contributed by atoms with Gasteiger partial charge in [-0.05, 0) is 53.4 Å². The molecule has 1 N–H and O–H groups in total. The summed E-state index contributed by atoms with van der Waals surface area (Å²) in [5.74, 6) is -1.04. The van der Waals surface area contributed by atoms with Crippen LogP contribution in [0.5, 0.6) is 0 Å². The number of nitrogens with one attached hydrogen (secondary N) is 1. The van der Waals surface area contributed by atoms with E-state index in [0.717, 1.165) is 50.5 Å². The highest BCUT2D eigenvalue weighted by molar-refractivity contribution is 7.18. The van der Waals surface area contributed by atoms with Gasteiger partial charge in [-0.25, -0.2) is 8.78 Å². The fourth-order valence-corrected chi connectivity index (χ4v) is 5.13. The molecular formula is C24H18F2N2O2S. The van der Waals surface area contributed by atoms with Crippen LogP contribution in [0.3, 0.4) is 0 Å². The molecule has 3 heterocycles. The zero-order valence-electron chi connectivity index (χ0n) is 16.6. The number of fused-ring (bicyclic) bond motifs is 3. The lowest BCUT2D eigenvalue weighted by atomic mass is 9.98. The molecule has 2 aromatic heterocycles. The lowest BCUT2D eigenvalue weighted by molar-refractivity contribution is 0.111. The number of methoxy groups -OCH3 is 1. The molecule has 0 radical (unpaired) electrons. The highest BCUT2D eigenvalue weighted by Gasteiger charge is 2.27. The van der Waals surface area contributed by atoms with E-state index in [1.807, 2.05) is 35.7 Å². The number of nitrogens with zero attached hydrogens (tertiary/aromatic N) is 1. The predicted molar refractivity (Wildman–Crippen MR) is 119 cm³/mol. The third kappa shape index (κ3) is 3.17. The van der Waals surface area contributed by atoms with Crippen LogP contribution in [-0.4, -0.2) is 24.2 Å². The molecular weight excluding hydrogens is 418 g/mol. The molecule has 0 saturated carbocycles. The molecule has 0 bridgehead atoms. The van der Waals surface area contributed by atoms with Crippen LogP contribution in [0.4, 0.5) is 8.78 Å². The van der Waals surface area contributed by atoms with Gasteiger partial charge in [0.1, 0.15) is 11.6 Å². The van der Waals surface area contributed by atoms with Crippen molar-refractivity contribution in [1.82, 2.24) is 9.88 Å². The summed E-state index contributed by atoms with van der Waals surface area (Å²) < 4.78 is 36.7. The van der Waals surface area contributed by atoms with Gasteiger partial charge in [0.25, 0.3) is 0 Å². The van der Waals surface area contributed by atoms with Crippen LogP contribution in [0.15, 0.2) is 60.1 Å². The lowest BCUT2D eigenvalue weighted by Crippen LogP contribution is -2.29. The summed E-state index contributed by atoms with van der Waals surface area (Å²) >= 11 is 1.58. The number of allylic oxidation sites excluding steroid dienone is 2. The topological polar surface area (TPSA) is 43.3 Å². The van der Waals surface area contributed by atoms with Crippen molar-refractivity contribution >= 4 is 44.2 Å². The van der Waals surface area contributed by atoms with Crippen LogP contribution in [0.1, 0.15) is 21.6 Å². The zero-order chi connectivity index (χ0) is 21.5. The summed E-state index contributed by atoms with van der Waals surface area (Å²) in [6.45, 7) is 0.0270. The van der Waals surface area contributed by atoms with Crippen LogP contribution < -0.4 is 5.32 Å². The van der Waals surface area contributed by atoms with E-state index in [0.29, 0.717) is 5.69 Å². The number of carbonyl (C=O) groups is 1. The van der Waals surface area contributed by atoms with Gasteiger partial charge in [0.05, 0.1) is 17.8 Å². The minimum Gasteiger partial charge on any atom is -0.362 e. The number of hydrogen-bond acceptors (Lipinski definition) is 4. The van der Waals surface area contributed by atoms with Crippen LogP contribution in [0.25, 0.3) is 26.6 Å². The molecule has 0 aliphatic carbocycles. The second-order valence-electron chi connectivity index (χ2n) is 7.26. The molecule has 0 amide bonds. The number of aldehydes is 1. The summed E-state index contributed by atoms with van der Waals surface area (Å²) in [5, 5.41) is 7.10. The Morgan fingerprint density at radius 3 is 2.90 bits per heavy atom. The third-order valence-corrected chi connectivity index (χ3v) is 6.51. The fourth-order valence-electron chi connectivity index (χ4n) is 4.18. The predicted octanol–water partition coefficient (Wildman–Crippen LogP) is 5.47. The number of aromatic nitrogens is 1. The number of carbonyl (C=O) groups excluding carboxylic acids is 1. The van der Waals surface area contributed by atoms with Crippen LogP contribution >= 0.6 is 11.3 Å². The Morgan fingerprint density at radius 2 is 2.10 bits per heavy atom. The summed E-state index contributed by atoms with van der Waals surface area (Å²) in [4.78, 5) is 12.4. The highest BCUT2D eigenvalue weighted by Crippen LogP contribution is 2.40. The van der Waals surface area contributed by atoms with Gasteiger partial charge in [-0.2, -0.15) is 0 Å². The van der Waals surface area contributed by atoms with Crippen LogP contribution in [-0.2, 0) is 11.3 Å². The Kier molecular flexibility index (Phi) is 4.92. The second-order valence-corrected chi connectivity index (χ2v) is 8.18. The molecule has 0 fully saturated rings. The number of rotatable bonds is 5. The van der Waals surface area contributed by atoms with E-state index >= 15 is 0 Å². The SMILES string of the molecule is COC1NC=CC=C1c1c(C=O)n(Cc2cc(F)ccc2F)c2ccc3ccsc3c12. The van der Waals surface area contributed by atoms with E-state index < -0.39 is 17.9 Å². The maximum absolute atomic E-state index is 14.5. The minimum atomic E-state index is -0.523. The van der Waals surface area contributed by atoms with E-state index in [-0.39, 0.29) is 12.1 Å². The van der Waals surface area contributed by atoms with Crippen molar-refractivity contribution < 1.29 is 18.3 Å². The molecule has 1 unspecified atom stereocenters. The third-order valence-electron chi connectivity index (χ3n) is 5.56. The van der Waals surface area contributed by atoms with Gasteiger partial charge < -0.3 is 14.6 Å². The first kappa shape index (κ1) is 19.7. The summed E-state index contributed by atoms with van der Waals surface area (Å²) in [6, 6.07) is 9.28. The maximum atomic E-state index is 14.5. The monoisotopic (exact) mass is 436 g/mol. The van der Waals surface area contributed by atoms with Gasteiger partial charge in [0.15, 0.2) is 12.5 Å².